The molecule has 0 spiro atoms. The lowest BCUT2D eigenvalue weighted by atomic mass is 9.48. The number of carbonyl (C=O) groups is 2. The van der Waals surface area contributed by atoms with Gasteiger partial charge in [0.25, 0.3) is 5.91 Å². The molecule has 9 heteroatoms. The van der Waals surface area contributed by atoms with E-state index >= 15 is 0 Å². The highest BCUT2D eigenvalue weighted by atomic mass is 32.2. The molecule has 1 N–H and O–H groups in total. The Morgan fingerprint density at radius 2 is 1.64 bits per heavy atom. The summed E-state index contributed by atoms with van der Waals surface area (Å²) in [6, 6.07) is 13.4. The number of esters is 1. The maximum atomic E-state index is 13.4. The van der Waals surface area contributed by atoms with E-state index in [4.69, 9.17) is 9.47 Å². The van der Waals surface area contributed by atoms with Gasteiger partial charge in [0, 0.05) is 19.6 Å². The standard InChI is InChI=1S/C30H38N2O6S/c1-20(30-15-22-11-23(16-30)13-24(12-22)17-30)31-28(33)19-38-29(34)25-9-10-26(37-3)27(14-25)39(35,36)32(2)18-21-7-5-4-6-8-21/h4-10,14,20,22-24H,11-13,15-19H2,1-3H3,(H,31,33)/t20-,22?,23?,24?,30?/m0/s1. The zero-order valence-corrected chi connectivity index (χ0v) is 23.7. The maximum absolute atomic E-state index is 13.4. The molecule has 210 valence electrons. The van der Waals surface area contributed by atoms with Gasteiger partial charge in [-0.2, -0.15) is 4.31 Å². The van der Waals surface area contributed by atoms with Crippen molar-refractivity contribution in [2.24, 2.45) is 23.2 Å². The molecule has 0 heterocycles. The molecule has 0 saturated heterocycles. The Balaban J connectivity index is 1.22. The van der Waals surface area contributed by atoms with Crippen molar-refractivity contribution < 1.29 is 27.5 Å². The van der Waals surface area contributed by atoms with Crippen molar-refractivity contribution in [2.75, 3.05) is 20.8 Å². The molecule has 6 rings (SSSR count). The van der Waals surface area contributed by atoms with Gasteiger partial charge in [0.1, 0.15) is 10.6 Å². The molecule has 4 saturated carbocycles. The first kappa shape index (κ1) is 27.6. The van der Waals surface area contributed by atoms with E-state index in [0.717, 1.165) is 23.3 Å². The fraction of sp³-hybridized carbons (Fsp3) is 0.533. The van der Waals surface area contributed by atoms with Gasteiger partial charge in [-0.15, -0.1) is 0 Å². The second-order valence-electron chi connectivity index (χ2n) is 11.8. The Morgan fingerprint density at radius 1 is 1.03 bits per heavy atom. The van der Waals surface area contributed by atoms with Gasteiger partial charge in [0.05, 0.1) is 12.7 Å². The molecule has 2 aromatic carbocycles. The van der Waals surface area contributed by atoms with Crippen LogP contribution in [-0.2, 0) is 26.1 Å². The van der Waals surface area contributed by atoms with Gasteiger partial charge < -0.3 is 14.8 Å². The summed E-state index contributed by atoms with van der Waals surface area (Å²) in [6.45, 7) is 1.82. The predicted octanol–water partition coefficient (Wildman–Crippen LogP) is 4.39. The average Bonchev–Trinajstić information content (AvgIpc) is 2.91. The van der Waals surface area contributed by atoms with Crippen LogP contribution in [-0.4, -0.2) is 51.4 Å². The number of sulfonamides is 1. The third-order valence-electron chi connectivity index (χ3n) is 9.05. The third kappa shape index (κ3) is 5.70. The van der Waals surface area contributed by atoms with Crippen LogP contribution in [0.15, 0.2) is 53.4 Å². The van der Waals surface area contributed by atoms with Crippen LogP contribution in [0.5, 0.6) is 5.75 Å². The van der Waals surface area contributed by atoms with Crippen molar-refractivity contribution in [3.05, 3.63) is 59.7 Å². The lowest BCUT2D eigenvalue weighted by Crippen LogP contribution is -2.56. The molecule has 1 amide bonds. The monoisotopic (exact) mass is 554 g/mol. The van der Waals surface area contributed by atoms with Gasteiger partial charge in [-0.1, -0.05) is 30.3 Å². The zero-order chi connectivity index (χ0) is 27.8. The van der Waals surface area contributed by atoms with E-state index in [-0.39, 0.29) is 40.1 Å². The molecule has 4 fully saturated rings. The molecule has 4 aliphatic carbocycles. The second-order valence-corrected chi connectivity index (χ2v) is 13.8. The van der Waals surface area contributed by atoms with E-state index in [2.05, 4.69) is 12.2 Å². The van der Waals surface area contributed by atoms with Crippen LogP contribution < -0.4 is 10.1 Å². The number of rotatable bonds is 10. The lowest BCUT2D eigenvalue weighted by molar-refractivity contribution is -0.128. The summed E-state index contributed by atoms with van der Waals surface area (Å²) in [5, 5.41) is 3.10. The van der Waals surface area contributed by atoms with Crippen LogP contribution in [0.1, 0.15) is 61.4 Å². The van der Waals surface area contributed by atoms with E-state index in [0.29, 0.717) is 0 Å². The van der Waals surface area contributed by atoms with E-state index < -0.39 is 22.6 Å². The molecule has 8 nitrogen and oxygen atoms in total. The lowest BCUT2D eigenvalue weighted by Gasteiger charge is -2.59. The van der Waals surface area contributed by atoms with E-state index in [1.165, 1.54) is 75.2 Å². The maximum Gasteiger partial charge on any atom is 0.338 e. The number of hydrogen-bond acceptors (Lipinski definition) is 6. The minimum Gasteiger partial charge on any atom is -0.495 e. The normalized spacial score (nSPS) is 26.3. The third-order valence-corrected chi connectivity index (χ3v) is 10.9. The second kappa shape index (κ2) is 10.9. The molecule has 2 aromatic rings. The van der Waals surface area contributed by atoms with Crippen molar-refractivity contribution in [1.82, 2.24) is 9.62 Å². The fourth-order valence-corrected chi connectivity index (χ4v) is 8.79. The number of nitrogens with one attached hydrogen (secondary N) is 1. The molecule has 0 aliphatic heterocycles. The van der Waals surface area contributed by atoms with Crippen molar-refractivity contribution in [3.8, 4) is 5.75 Å². The SMILES string of the molecule is COc1ccc(C(=O)OCC(=O)N[C@@H](C)C23CC4CC(CC(C4)C2)C3)cc1S(=O)(=O)N(C)Cc1ccccc1. The summed E-state index contributed by atoms with van der Waals surface area (Å²) in [4.78, 5) is 25.5. The minimum atomic E-state index is -3.98. The Morgan fingerprint density at radius 3 is 2.23 bits per heavy atom. The van der Waals surface area contributed by atoms with Gasteiger partial charge in [0.2, 0.25) is 10.0 Å². The number of methoxy groups -OCH3 is 1. The summed E-state index contributed by atoms with van der Waals surface area (Å²) < 4.78 is 38.5. The number of benzene rings is 2. The quantitative estimate of drug-likeness (QED) is 0.437. The van der Waals surface area contributed by atoms with Crippen molar-refractivity contribution >= 4 is 21.9 Å². The summed E-state index contributed by atoms with van der Waals surface area (Å²) in [5.41, 5.74) is 1.01. The zero-order valence-electron chi connectivity index (χ0n) is 22.9. The fourth-order valence-electron chi connectivity index (χ4n) is 7.46. The average molecular weight is 555 g/mol. The number of nitrogens with zero attached hydrogens (tertiary/aromatic N) is 1. The van der Waals surface area contributed by atoms with Crippen LogP contribution >= 0.6 is 0 Å². The predicted molar refractivity (Wildman–Crippen MR) is 147 cm³/mol. The highest BCUT2D eigenvalue weighted by Crippen LogP contribution is 2.61. The topological polar surface area (TPSA) is 102 Å². The summed E-state index contributed by atoms with van der Waals surface area (Å²) >= 11 is 0. The van der Waals surface area contributed by atoms with Gasteiger partial charge in [0.15, 0.2) is 6.61 Å². The highest BCUT2D eigenvalue weighted by Gasteiger charge is 2.53. The molecule has 4 aliphatic rings. The first-order valence-corrected chi connectivity index (χ1v) is 15.2. The molecular weight excluding hydrogens is 516 g/mol. The molecule has 0 unspecified atom stereocenters. The van der Waals surface area contributed by atoms with Crippen LogP contribution in [0.2, 0.25) is 0 Å². The molecular formula is C30H38N2O6S. The Kier molecular flexibility index (Phi) is 7.75. The summed E-state index contributed by atoms with van der Waals surface area (Å²) in [6.07, 6.45) is 7.50. The Bertz CT molecular complexity index is 1290. The van der Waals surface area contributed by atoms with Gasteiger partial charge in [-0.25, -0.2) is 13.2 Å². The Labute approximate surface area is 231 Å². The first-order chi connectivity index (χ1) is 18.6. The number of ether oxygens (including phenoxy) is 2. The largest absolute Gasteiger partial charge is 0.495 e. The minimum absolute atomic E-state index is 0.0231. The van der Waals surface area contributed by atoms with Gasteiger partial charge in [-0.05, 0) is 92.4 Å². The van der Waals surface area contributed by atoms with E-state index in [9.17, 15) is 18.0 Å². The highest BCUT2D eigenvalue weighted by molar-refractivity contribution is 7.89. The van der Waals surface area contributed by atoms with E-state index in [1.807, 2.05) is 30.3 Å². The molecule has 0 aromatic heterocycles. The summed E-state index contributed by atoms with van der Waals surface area (Å²) in [5.74, 6) is 1.35. The van der Waals surface area contributed by atoms with Crippen LogP contribution in [0.3, 0.4) is 0 Å². The van der Waals surface area contributed by atoms with Crippen LogP contribution in [0.25, 0.3) is 0 Å². The van der Waals surface area contributed by atoms with Crippen molar-refractivity contribution in [1.29, 1.82) is 0 Å². The van der Waals surface area contributed by atoms with Crippen molar-refractivity contribution in [3.63, 3.8) is 0 Å². The summed E-state index contributed by atoms with van der Waals surface area (Å²) in [7, 11) is -1.14. The number of amides is 1. The first-order valence-electron chi connectivity index (χ1n) is 13.7. The number of hydrogen-bond donors (Lipinski definition) is 1. The van der Waals surface area contributed by atoms with Crippen molar-refractivity contribution in [2.45, 2.75) is 62.9 Å². The number of carbonyl (C=O) groups excluding carboxylic acids is 2. The molecule has 0 radical (unpaired) electrons. The smallest absolute Gasteiger partial charge is 0.338 e. The van der Waals surface area contributed by atoms with Gasteiger partial charge in [-0.3, -0.25) is 4.79 Å². The Hall–Kier alpha value is -2.91. The van der Waals surface area contributed by atoms with E-state index in [1.54, 1.807) is 0 Å². The molecule has 4 bridgehead atoms. The van der Waals surface area contributed by atoms with Crippen LogP contribution in [0.4, 0.5) is 0 Å². The molecule has 1 atom stereocenters. The molecule has 39 heavy (non-hydrogen) atoms. The van der Waals surface area contributed by atoms with Crippen LogP contribution in [0, 0.1) is 23.2 Å². The van der Waals surface area contributed by atoms with Gasteiger partial charge >= 0.3 is 5.97 Å².